The van der Waals surface area contributed by atoms with Crippen LogP contribution in [-0.2, 0) is 6.54 Å². The van der Waals surface area contributed by atoms with Crippen molar-refractivity contribution in [2.24, 2.45) is 5.73 Å². The number of aromatic nitrogens is 1. The smallest absolute Gasteiger partial charge is 0.0418 e. The maximum Gasteiger partial charge on any atom is 0.0418 e. The van der Waals surface area contributed by atoms with Gasteiger partial charge in [-0.2, -0.15) is 0 Å². The van der Waals surface area contributed by atoms with E-state index in [2.05, 4.69) is 16.4 Å². The standard InChI is InChI=1S/C8H8N2S/c9-3-7-5-10-4-6-1-2-11-8(6)7/h1-2,4-5H,3,9H2. The van der Waals surface area contributed by atoms with Gasteiger partial charge >= 0.3 is 0 Å². The molecule has 2 aromatic rings. The van der Waals surface area contributed by atoms with Crippen LogP contribution < -0.4 is 5.73 Å². The summed E-state index contributed by atoms with van der Waals surface area (Å²) in [6.45, 7) is 0.574. The number of nitrogens with two attached hydrogens (primary N) is 1. The first-order chi connectivity index (χ1) is 5.42. The van der Waals surface area contributed by atoms with Crippen molar-refractivity contribution in [3.63, 3.8) is 0 Å². The lowest BCUT2D eigenvalue weighted by Gasteiger charge is -1.95. The average molecular weight is 164 g/mol. The van der Waals surface area contributed by atoms with Crippen molar-refractivity contribution in [1.82, 2.24) is 4.98 Å². The van der Waals surface area contributed by atoms with Crippen molar-refractivity contribution >= 4 is 21.4 Å². The van der Waals surface area contributed by atoms with Gasteiger partial charge in [0, 0.05) is 34.6 Å². The van der Waals surface area contributed by atoms with E-state index in [0.717, 1.165) is 5.56 Å². The van der Waals surface area contributed by atoms with Gasteiger partial charge in [0.15, 0.2) is 0 Å². The number of hydrogen-bond donors (Lipinski definition) is 1. The second-order valence-electron chi connectivity index (χ2n) is 2.34. The van der Waals surface area contributed by atoms with Gasteiger partial charge in [0.1, 0.15) is 0 Å². The van der Waals surface area contributed by atoms with Crippen LogP contribution in [0.3, 0.4) is 0 Å². The Morgan fingerprint density at radius 3 is 3.18 bits per heavy atom. The maximum absolute atomic E-state index is 5.54. The highest BCUT2D eigenvalue weighted by molar-refractivity contribution is 7.17. The summed E-state index contributed by atoms with van der Waals surface area (Å²) < 4.78 is 1.27. The molecule has 0 spiro atoms. The molecule has 0 saturated heterocycles. The third-order valence-corrected chi connectivity index (χ3v) is 2.66. The van der Waals surface area contributed by atoms with Crippen LogP contribution in [0.25, 0.3) is 10.1 Å². The second-order valence-corrected chi connectivity index (χ2v) is 3.26. The van der Waals surface area contributed by atoms with E-state index in [1.165, 1.54) is 10.1 Å². The average Bonchev–Trinajstić information content (AvgIpc) is 2.50. The third kappa shape index (κ3) is 1.02. The van der Waals surface area contributed by atoms with E-state index in [0.29, 0.717) is 6.54 Å². The van der Waals surface area contributed by atoms with E-state index >= 15 is 0 Å². The SMILES string of the molecule is NCc1cncc2ccsc12. The molecule has 0 amide bonds. The Bertz CT molecular complexity index is 367. The summed E-state index contributed by atoms with van der Waals surface area (Å²) in [7, 11) is 0. The summed E-state index contributed by atoms with van der Waals surface area (Å²) >= 11 is 1.72. The predicted octanol–water partition coefficient (Wildman–Crippen LogP) is 1.75. The molecule has 11 heavy (non-hydrogen) atoms. The van der Waals surface area contributed by atoms with Crippen LogP contribution in [0.15, 0.2) is 23.8 Å². The van der Waals surface area contributed by atoms with Crippen molar-refractivity contribution < 1.29 is 0 Å². The van der Waals surface area contributed by atoms with Crippen LogP contribution in [-0.4, -0.2) is 4.98 Å². The van der Waals surface area contributed by atoms with E-state index in [1.807, 2.05) is 12.4 Å². The zero-order valence-electron chi connectivity index (χ0n) is 5.95. The van der Waals surface area contributed by atoms with Crippen molar-refractivity contribution in [1.29, 1.82) is 0 Å². The molecule has 2 nitrogen and oxygen atoms in total. The van der Waals surface area contributed by atoms with Gasteiger partial charge in [-0.3, -0.25) is 4.98 Å². The van der Waals surface area contributed by atoms with Gasteiger partial charge in [0.2, 0.25) is 0 Å². The summed E-state index contributed by atoms with van der Waals surface area (Å²) in [5.74, 6) is 0. The number of pyridine rings is 1. The molecule has 0 aliphatic rings. The minimum atomic E-state index is 0.574. The van der Waals surface area contributed by atoms with E-state index in [9.17, 15) is 0 Å². The van der Waals surface area contributed by atoms with Crippen LogP contribution in [0, 0.1) is 0 Å². The molecule has 2 N–H and O–H groups in total. The highest BCUT2D eigenvalue weighted by Crippen LogP contribution is 2.22. The van der Waals surface area contributed by atoms with Crippen LogP contribution in [0.5, 0.6) is 0 Å². The number of hydrogen-bond acceptors (Lipinski definition) is 3. The fourth-order valence-corrected chi connectivity index (χ4v) is 1.99. The van der Waals surface area contributed by atoms with Crippen molar-refractivity contribution in [2.45, 2.75) is 6.54 Å². The van der Waals surface area contributed by atoms with E-state index in [4.69, 9.17) is 5.73 Å². The summed E-state index contributed by atoms with van der Waals surface area (Å²) in [6.07, 6.45) is 3.70. The zero-order chi connectivity index (χ0) is 7.68. The predicted molar refractivity (Wildman–Crippen MR) is 47.5 cm³/mol. The van der Waals surface area contributed by atoms with Gasteiger partial charge in [-0.15, -0.1) is 11.3 Å². The molecule has 0 atom stereocenters. The first-order valence-electron chi connectivity index (χ1n) is 3.42. The molecular weight excluding hydrogens is 156 g/mol. The molecule has 2 aromatic heterocycles. The van der Waals surface area contributed by atoms with Crippen molar-refractivity contribution in [2.75, 3.05) is 0 Å². The van der Waals surface area contributed by atoms with Gasteiger partial charge in [0.05, 0.1) is 0 Å². The summed E-state index contributed by atoms with van der Waals surface area (Å²) in [6, 6.07) is 2.06. The molecule has 0 aromatic carbocycles. The first-order valence-corrected chi connectivity index (χ1v) is 4.30. The Morgan fingerprint density at radius 1 is 1.45 bits per heavy atom. The minimum Gasteiger partial charge on any atom is -0.326 e. The molecule has 2 rings (SSSR count). The number of nitrogens with zero attached hydrogens (tertiary/aromatic N) is 1. The number of thiophene rings is 1. The molecule has 0 aliphatic carbocycles. The van der Waals surface area contributed by atoms with Gasteiger partial charge in [0.25, 0.3) is 0 Å². The molecule has 2 heterocycles. The third-order valence-electron chi connectivity index (χ3n) is 1.65. The molecule has 3 heteroatoms. The normalized spacial score (nSPS) is 10.6. The van der Waals surface area contributed by atoms with Crippen LogP contribution in [0.2, 0.25) is 0 Å². The monoisotopic (exact) mass is 164 g/mol. The Balaban J connectivity index is 2.79. The fraction of sp³-hybridized carbons (Fsp3) is 0.125. The lowest BCUT2D eigenvalue weighted by molar-refractivity contribution is 1.07. The van der Waals surface area contributed by atoms with Gasteiger partial charge in [-0.05, 0) is 11.4 Å². The van der Waals surface area contributed by atoms with E-state index in [1.54, 1.807) is 11.3 Å². The molecular formula is C8H8N2S. The van der Waals surface area contributed by atoms with Crippen LogP contribution in [0.1, 0.15) is 5.56 Å². The summed E-state index contributed by atoms with van der Waals surface area (Å²) in [5, 5.41) is 3.25. The number of fused-ring (bicyclic) bond motifs is 1. The highest BCUT2D eigenvalue weighted by Gasteiger charge is 1.99. The lowest BCUT2D eigenvalue weighted by Crippen LogP contribution is -1.96. The zero-order valence-corrected chi connectivity index (χ0v) is 6.77. The van der Waals surface area contributed by atoms with E-state index < -0.39 is 0 Å². The topological polar surface area (TPSA) is 38.9 Å². The highest BCUT2D eigenvalue weighted by atomic mass is 32.1. The summed E-state index contributed by atoms with van der Waals surface area (Å²) in [4.78, 5) is 4.08. The van der Waals surface area contributed by atoms with Gasteiger partial charge in [-0.1, -0.05) is 0 Å². The quantitative estimate of drug-likeness (QED) is 0.697. The summed E-state index contributed by atoms with van der Waals surface area (Å²) in [5.41, 5.74) is 6.68. The number of rotatable bonds is 1. The van der Waals surface area contributed by atoms with Gasteiger partial charge < -0.3 is 5.73 Å². The Hall–Kier alpha value is -0.930. The molecule has 56 valence electrons. The minimum absolute atomic E-state index is 0.574. The van der Waals surface area contributed by atoms with Crippen LogP contribution >= 0.6 is 11.3 Å². The maximum atomic E-state index is 5.54. The molecule has 0 aliphatic heterocycles. The Morgan fingerprint density at radius 2 is 2.36 bits per heavy atom. The Labute approximate surface area is 68.7 Å². The second kappa shape index (κ2) is 2.60. The molecule has 0 unspecified atom stereocenters. The largest absolute Gasteiger partial charge is 0.326 e. The Kier molecular flexibility index (Phi) is 1.60. The van der Waals surface area contributed by atoms with Crippen LogP contribution in [0.4, 0.5) is 0 Å². The lowest BCUT2D eigenvalue weighted by atomic mass is 10.2. The molecule has 0 saturated carbocycles. The van der Waals surface area contributed by atoms with Gasteiger partial charge in [-0.25, -0.2) is 0 Å². The molecule has 0 bridgehead atoms. The molecule has 0 radical (unpaired) electrons. The van der Waals surface area contributed by atoms with E-state index in [-0.39, 0.29) is 0 Å². The fourth-order valence-electron chi connectivity index (χ4n) is 1.09. The molecule has 0 fully saturated rings. The van der Waals surface area contributed by atoms with Crippen molar-refractivity contribution in [3.05, 3.63) is 29.4 Å². The first kappa shape index (κ1) is 6.76. The van der Waals surface area contributed by atoms with Crippen molar-refractivity contribution in [3.8, 4) is 0 Å².